The van der Waals surface area contributed by atoms with Crippen molar-refractivity contribution in [2.45, 2.75) is 5.16 Å². The number of aromatic nitrogens is 3. The first kappa shape index (κ1) is 15.1. The van der Waals surface area contributed by atoms with Crippen LogP contribution in [0.2, 0.25) is 0 Å². The number of benzene rings is 2. The molecule has 0 radical (unpaired) electrons. The van der Waals surface area contributed by atoms with Crippen LogP contribution in [-0.2, 0) is 0 Å². The SMILES string of the molecule is C#CCSc1nnc(-c2ccccc2)n1N=Cc1ccccc1. The average molecular weight is 318 g/mol. The van der Waals surface area contributed by atoms with Crippen molar-refractivity contribution in [3.8, 4) is 23.7 Å². The Balaban J connectivity index is 1.99. The summed E-state index contributed by atoms with van der Waals surface area (Å²) in [5.74, 6) is 3.81. The van der Waals surface area contributed by atoms with Crippen LogP contribution in [-0.4, -0.2) is 26.8 Å². The highest BCUT2D eigenvalue weighted by Crippen LogP contribution is 2.23. The van der Waals surface area contributed by atoms with E-state index >= 15 is 0 Å². The monoisotopic (exact) mass is 318 g/mol. The van der Waals surface area contributed by atoms with Gasteiger partial charge in [-0.05, 0) is 5.56 Å². The summed E-state index contributed by atoms with van der Waals surface area (Å²) in [6, 6.07) is 19.7. The van der Waals surface area contributed by atoms with Gasteiger partial charge in [-0.25, -0.2) is 0 Å². The summed E-state index contributed by atoms with van der Waals surface area (Å²) in [5, 5.41) is 13.7. The third-order valence-corrected chi connectivity index (χ3v) is 3.87. The van der Waals surface area contributed by atoms with Crippen molar-refractivity contribution in [3.63, 3.8) is 0 Å². The first-order chi connectivity index (χ1) is 11.4. The lowest BCUT2D eigenvalue weighted by Gasteiger charge is -2.03. The minimum atomic E-state index is 0.522. The van der Waals surface area contributed by atoms with Gasteiger partial charge in [-0.15, -0.1) is 16.6 Å². The maximum atomic E-state index is 5.34. The molecule has 0 saturated carbocycles. The summed E-state index contributed by atoms with van der Waals surface area (Å²) in [6.07, 6.45) is 7.13. The molecule has 0 unspecified atom stereocenters. The average Bonchev–Trinajstić information content (AvgIpc) is 3.02. The van der Waals surface area contributed by atoms with Crippen LogP contribution in [0.15, 0.2) is 70.9 Å². The number of nitrogens with zero attached hydrogens (tertiary/aromatic N) is 4. The highest BCUT2D eigenvalue weighted by Gasteiger charge is 2.13. The molecule has 23 heavy (non-hydrogen) atoms. The lowest BCUT2D eigenvalue weighted by atomic mass is 10.2. The molecule has 1 heterocycles. The van der Waals surface area contributed by atoms with Crippen LogP contribution in [0.3, 0.4) is 0 Å². The summed E-state index contributed by atoms with van der Waals surface area (Å²) in [5.41, 5.74) is 1.96. The van der Waals surface area contributed by atoms with Gasteiger partial charge in [0.15, 0.2) is 5.82 Å². The van der Waals surface area contributed by atoms with Crippen molar-refractivity contribution in [3.05, 3.63) is 66.2 Å². The highest BCUT2D eigenvalue weighted by atomic mass is 32.2. The molecule has 1 aromatic heterocycles. The Labute approximate surface area is 139 Å². The fourth-order valence-corrected chi connectivity index (χ4v) is 2.56. The van der Waals surface area contributed by atoms with E-state index in [0.717, 1.165) is 11.1 Å². The molecule has 0 N–H and O–H groups in total. The first-order valence-corrected chi connectivity index (χ1v) is 8.03. The van der Waals surface area contributed by atoms with E-state index in [0.29, 0.717) is 16.7 Å². The molecule has 0 bridgehead atoms. The Hall–Kier alpha value is -2.84. The lowest BCUT2D eigenvalue weighted by molar-refractivity contribution is 0.773. The largest absolute Gasteiger partial charge is 0.213 e. The molecule has 0 atom stereocenters. The fourth-order valence-electron chi connectivity index (χ4n) is 2.00. The van der Waals surface area contributed by atoms with Gasteiger partial charge < -0.3 is 0 Å². The number of rotatable bonds is 5. The second kappa shape index (κ2) is 7.43. The van der Waals surface area contributed by atoms with Gasteiger partial charge in [0.25, 0.3) is 0 Å². The zero-order chi connectivity index (χ0) is 15.9. The standard InChI is InChI=1S/C18H14N4S/c1-2-13-23-18-21-20-17(16-11-7-4-8-12-16)22(18)19-14-15-9-5-3-6-10-15/h1,3-12,14H,13H2. The summed E-state index contributed by atoms with van der Waals surface area (Å²) in [6.45, 7) is 0. The molecule has 4 nitrogen and oxygen atoms in total. The topological polar surface area (TPSA) is 43.1 Å². The van der Waals surface area contributed by atoms with Gasteiger partial charge in [-0.1, -0.05) is 78.3 Å². The third kappa shape index (κ3) is 3.68. The molecule has 112 valence electrons. The predicted molar refractivity (Wildman–Crippen MR) is 94.4 cm³/mol. The lowest BCUT2D eigenvalue weighted by Crippen LogP contribution is -1.97. The second-order valence-electron chi connectivity index (χ2n) is 4.63. The molecule has 3 rings (SSSR count). The van der Waals surface area contributed by atoms with Crippen LogP contribution >= 0.6 is 11.8 Å². The fraction of sp³-hybridized carbons (Fsp3) is 0.0556. The molecule has 2 aromatic carbocycles. The maximum Gasteiger partial charge on any atom is 0.213 e. The van der Waals surface area contributed by atoms with Crippen molar-refractivity contribution in [2.75, 3.05) is 5.75 Å². The Bertz CT molecular complexity index is 832. The normalized spacial score (nSPS) is 10.7. The molecular weight excluding hydrogens is 304 g/mol. The molecule has 0 saturated heterocycles. The van der Waals surface area contributed by atoms with Gasteiger partial charge in [0.2, 0.25) is 5.16 Å². The van der Waals surface area contributed by atoms with E-state index in [9.17, 15) is 0 Å². The molecule has 0 aliphatic rings. The van der Waals surface area contributed by atoms with Crippen LogP contribution < -0.4 is 0 Å². The third-order valence-electron chi connectivity index (χ3n) is 3.05. The molecular formula is C18H14N4S. The van der Waals surface area contributed by atoms with Crippen molar-refractivity contribution < 1.29 is 0 Å². The van der Waals surface area contributed by atoms with Gasteiger partial charge in [-0.3, -0.25) is 0 Å². The van der Waals surface area contributed by atoms with E-state index < -0.39 is 0 Å². The Morgan fingerprint density at radius 1 is 1.04 bits per heavy atom. The van der Waals surface area contributed by atoms with Gasteiger partial charge in [-0.2, -0.15) is 9.78 Å². The summed E-state index contributed by atoms with van der Waals surface area (Å²) in [4.78, 5) is 0. The minimum absolute atomic E-state index is 0.522. The number of hydrogen-bond donors (Lipinski definition) is 0. The van der Waals surface area contributed by atoms with Crippen LogP contribution in [0.25, 0.3) is 11.4 Å². The summed E-state index contributed by atoms with van der Waals surface area (Å²) < 4.78 is 1.73. The Morgan fingerprint density at radius 2 is 1.74 bits per heavy atom. The Kier molecular flexibility index (Phi) is 4.87. The number of hydrogen-bond acceptors (Lipinski definition) is 4. The van der Waals surface area contributed by atoms with Gasteiger partial charge in [0, 0.05) is 5.56 Å². The van der Waals surface area contributed by atoms with Crippen LogP contribution in [0.4, 0.5) is 0 Å². The van der Waals surface area contributed by atoms with E-state index in [1.54, 1.807) is 10.9 Å². The van der Waals surface area contributed by atoms with Crippen molar-refractivity contribution in [2.24, 2.45) is 5.10 Å². The highest BCUT2D eigenvalue weighted by molar-refractivity contribution is 7.99. The van der Waals surface area contributed by atoms with Crippen LogP contribution in [0.5, 0.6) is 0 Å². The van der Waals surface area contributed by atoms with Crippen molar-refractivity contribution >= 4 is 18.0 Å². The van der Waals surface area contributed by atoms with Gasteiger partial charge in [0.05, 0.1) is 12.0 Å². The predicted octanol–water partition coefficient (Wildman–Crippen LogP) is 3.55. The van der Waals surface area contributed by atoms with Gasteiger partial charge >= 0.3 is 0 Å². The number of terminal acetylenes is 1. The maximum absolute atomic E-state index is 5.34. The van der Waals surface area contributed by atoms with E-state index in [4.69, 9.17) is 6.42 Å². The summed E-state index contributed by atoms with van der Waals surface area (Å²) in [7, 11) is 0. The van der Waals surface area contributed by atoms with E-state index in [-0.39, 0.29) is 0 Å². The minimum Gasteiger partial charge on any atom is -0.187 e. The molecule has 0 amide bonds. The first-order valence-electron chi connectivity index (χ1n) is 7.05. The summed E-state index contributed by atoms with van der Waals surface area (Å²) >= 11 is 1.44. The van der Waals surface area contributed by atoms with Crippen LogP contribution in [0.1, 0.15) is 5.56 Å². The van der Waals surface area contributed by atoms with E-state index in [1.807, 2.05) is 60.7 Å². The van der Waals surface area contributed by atoms with Crippen molar-refractivity contribution in [1.82, 2.24) is 14.9 Å². The Morgan fingerprint density at radius 3 is 2.43 bits per heavy atom. The number of thioether (sulfide) groups is 1. The van der Waals surface area contributed by atoms with Crippen LogP contribution in [0, 0.1) is 12.3 Å². The van der Waals surface area contributed by atoms with Crippen molar-refractivity contribution in [1.29, 1.82) is 0 Å². The zero-order valence-electron chi connectivity index (χ0n) is 12.3. The molecule has 0 spiro atoms. The molecule has 0 aliphatic carbocycles. The molecule has 0 fully saturated rings. The zero-order valence-corrected chi connectivity index (χ0v) is 13.1. The smallest absolute Gasteiger partial charge is 0.187 e. The second-order valence-corrected chi connectivity index (χ2v) is 5.57. The van der Waals surface area contributed by atoms with E-state index in [1.165, 1.54) is 11.8 Å². The quantitative estimate of drug-likeness (QED) is 0.410. The van der Waals surface area contributed by atoms with E-state index in [2.05, 4.69) is 21.2 Å². The molecule has 5 heteroatoms. The van der Waals surface area contributed by atoms with Gasteiger partial charge in [0.1, 0.15) is 0 Å². The molecule has 3 aromatic rings. The molecule has 0 aliphatic heterocycles.